The average molecular weight is 336 g/mol. The monoisotopic (exact) mass is 336 g/mol. The van der Waals surface area contributed by atoms with Crippen LogP contribution in [0.4, 0.5) is 4.39 Å². The highest BCUT2D eigenvalue weighted by atomic mass is 32.2. The second kappa shape index (κ2) is 6.47. The molecule has 1 atom stereocenters. The summed E-state index contributed by atoms with van der Waals surface area (Å²) in [5.74, 6) is -0.847. The highest BCUT2D eigenvalue weighted by Crippen LogP contribution is 2.18. The first kappa shape index (κ1) is 17.1. The average Bonchev–Trinajstić information content (AvgIpc) is 2.46. The van der Waals surface area contributed by atoms with E-state index in [1.54, 1.807) is 26.0 Å². The lowest BCUT2D eigenvalue weighted by Gasteiger charge is -2.16. The van der Waals surface area contributed by atoms with Gasteiger partial charge < -0.3 is 5.32 Å². The smallest absolute Gasteiger partial charge is 0.252 e. The number of rotatable bonds is 4. The molecule has 5 nitrogen and oxygen atoms in total. The molecule has 0 unspecified atom stereocenters. The van der Waals surface area contributed by atoms with Crippen molar-refractivity contribution < 1.29 is 17.6 Å². The third kappa shape index (κ3) is 4.14. The van der Waals surface area contributed by atoms with Crippen LogP contribution in [0.3, 0.4) is 0 Å². The second-order valence-electron chi connectivity index (χ2n) is 5.27. The number of nitrogens with two attached hydrogens (primary N) is 1. The highest BCUT2D eigenvalue weighted by Gasteiger charge is 2.17. The van der Waals surface area contributed by atoms with Gasteiger partial charge in [0.25, 0.3) is 5.91 Å². The number of amides is 1. The molecule has 2 aromatic carbocycles. The van der Waals surface area contributed by atoms with Gasteiger partial charge in [-0.25, -0.2) is 17.9 Å². The van der Waals surface area contributed by atoms with Crippen molar-refractivity contribution in [3.63, 3.8) is 0 Å². The molecule has 7 heteroatoms. The fourth-order valence-electron chi connectivity index (χ4n) is 2.16. The summed E-state index contributed by atoms with van der Waals surface area (Å²) in [4.78, 5) is 12.2. The summed E-state index contributed by atoms with van der Waals surface area (Å²) in [5, 5.41) is 7.80. The van der Waals surface area contributed by atoms with Crippen LogP contribution >= 0.6 is 0 Å². The summed E-state index contributed by atoms with van der Waals surface area (Å²) in [6, 6.07) is 9.56. The maximum atomic E-state index is 13.2. The fourth-order valence-corrected chi connectivity index (χ4v) is 2.70. The van der Waals surface area contributed by atoms with E-state index in [-0.39, 0.29) is 10.5 Å². The third-order valence-corrected chi connectivity index (χ3v) is 4.39. The molecule has 0 fully saturated rings. The largest absolute Gasteiger partial charge is 0.346 e. The Morgan fingerprint density at radius 2 is 1.91 bits per heavy atom. The quantitative estimate of drug-likeness (QED) is 0.897. The Kier molecular flexibility index (Phi) is 4.82. The number of nitrogens with one attached hydrogen (secondary N) is 1. The molecule has 122 valence electrons. The van der Waals surface area contributed by atoms with Crippen LogP contribution in [0.2, 0.25) is 0 Å². The summed E-state index contributed by atoms with van der Waals surface area (Å²) < 4.78 is 36.1. The van der Waals surface area contributed by atoms with E-state index in [1.165, 1.54) is 30.3 Å². The van der Waals surface area contributed by atoms with E-state index in [0.717, 1.165) is 0 Å². The zero-order valence-corrected chi connectivity index (χ0v) is 13.5. The second-order valence-corrected chi connectivity index (χ2v) is 6.83. The van der Waals surface area contributed by atoms with Crippen molar-refractivity contribution in [2.24, 2.45) is 5.14 Å². The van der Waals surface area contributed by atoms with E-state index in [1.807, 2.05) is 0 Å². The Balaban J connectivity index is 2.27. The van der Waals surface area contributed by atoms with Gasteiger partial charge in [-0.05, 0) is 49.2 Å². The summed E-state index contributed by atoms with van der Waals surface area (Å²) in [6.45, 7) is 3.40. The van der Waals surface area contributed by atoms with Crippen LogP contribution in [0.1, 0.15) is 34.5 Å². The van der Waals surface area contributed by atoms with Crippen molar-refractivity contribution in [1.82, 2.24) is 5.32 Å². The Morgan fingerprint density at radius 3 is 2.52 bits per heavy atom. The molecular weight excluding hydrogens is 319 g/mol. The van der Waals surface area contributed by atoms with Crippen LogP contribution in [0.15, 0.2) is 47.4 Å². The molecule has 0 bridgehead atoms. The molecule has 0 spiro atoms. The van der Waals surface area contributed by atoms with Crippen LogP contribution in [-0.4, -0.2) is 14.3 Å². The van der Waals surface area contributed by atoms with Gasteiger partial charge in [0.15, 0.2) is 0 Å². The molecule has 0 aliphatic rings. The first-order chi connectivity index (χ1) is 10.7. The number of halogens is 1. The van der Waals surface area contributed by atoms with E-state index >= 15 is 0 Å². The highest BCUT2D eigenvalue weighted by molar-refractivity contribution is 7.89. The minimum absolute atomic E-state index is 0.133. The van der Waals surface area contributed by atoms with Gasteiger partial charge in [-0.3, -0.25) is 4.79 Å². The van der Waals surface area contributed by atoms with Crippen LogP contribution in [0.25, 0.3) is 0 Å². The standard InChI is InChI=1S/C16H17FN2O3S/c1-10-6-7-14(23(18,21)22)9-15(10)16(20)19-11(2)12-4-3-5-13(17)8-12/h3-9,11H,1-2H3,(H,19,20)(H2,18,21,22)/t11-/m1/s1. The third-order valence-electron chi connectivity index (χ3n) is 3.48. The molecule has 2 rings (SSSR count). The van der Waals surface area contributed by atoms with E-state index < -0.39 is 27.8 Å². The topological polar surface area (TPSA) is 89.3 Å². The van der Waals surface area contributed by atoms with Crippen LogP contribution < -0.4 is 10.5 Å². The Hall–Kier alpha value is -2.25. The van der Waals surface area contributed by atoms with Gasteiger partial charge in [0, 0.05) is 5.56 Å². The lowest BCUT2D eigenvalue weighted by molar-refractivity contribution is 0.0939. The van der Waals surface area contributed by atoms with E-state index in [4.69, 9.17) is 5.14 Å². The lowest BCUT2D eigenvalue weighted by Crippen LogP contribution is -2.27. The number of benzene rings is 2. The van der Waals surface area contributed by atoms with Crippen molar-refractivity contribution >= 4 is 15.9 Å². The zero-order valence-electron chi connectivity index (χ0n) is 12.7. The molecule has 0 saturated carbocycles. The van der Waals surface area contributed by atoms with Gasteiger partial charge in [0.05, 0.1) is 10.9 Å². The summed E-state index contributed by atoms with van der Waals surface area (Å²) in [7, 11) is -3.89. The predicted octanol–water partition coefficient (Wildman–Crippen LogP) is 2.27. The van der Waals surface area contributed by atoms with E-state index in [9.17, 15) is 17.6 Å². The van der Waals surface area contributed by atoms with Gasteiger partial charge >= 0.3 is 0 Å². The maximum Gasteiger partial charge on any atom is 0.252 e. The van der Waals surface area contributed by atoms with Gasteiger partial charge in [-0.15, -0.1) is 0 Å². The van der Waals surface area contributed by atoms with Crippen molar-refractivity contribution in [1.29, 1.82) is 0 Å². The van der Waals surface area contributed by atoms with Crippen molar-refractivity contribution in [3.05, 3.63) is 65.0 Å². The fraction of sp³-hybridized carbons (Fsp3) is 0.188. The maximum absolute atomic E-state index is 13.2. The van der Waals surface area contributed by atoms with Crippen LogP contribution in [-0.2, 0) is 10.0 Å². The number of carbonyl (C=O) groups excluding carboxylic acids is 1. The Morgan fingerprint density at radius 1 is 1.22 bits per heavy atom. The first-order valence-corrected chi connectivity index (χ1v) is 8.43. The molecule has 3 N–H and O–H groups in total. The van der Waals surface area contributed by atoms with Gasteiger partial charge in [0.2, 0.25) is 10.0 Å². The van der Waals surface area contributed by atoms with Gasteiger partial charge in [-0.2, -0.15) is 0 Å². The van der Waals surface area contributed by atoms with Gasteiger partial charge in [0.1, 0.15) is 5.82 Å². The summed E-state index contributed by atoms with van der Waals surface area (Å²) in [6.07, 6.45) is 0. The molecule has 0 aliphatic heterocycles. The van der Waals surface area contributed by atoms with Crippen molar-refractivity contribution in [3.8, 4) is 0 Å². The molecule has 0 heterocycles. The summed E-state index contributed by atoms with van der Waals surface area (Å²) in [5.41, 5.74) is 1.43. The number of aryl methyl sites for hydroxylation is 1. The van der Waals surface area contributed by atoms with E-state index in [0.29, 0.717) is 11.1 Å². The van der Waals surface area contributed by atoms with Crippen molar-refractivity contribution in [2.45, 2.75) is 24.8 Å². The summed E-state index contributed by atoms with van der Waals surface area (Å²) >= 11 is 0. The Labute approximate surface area is 134 Å². The number of primary sulfonamides is 1. The van der Waals surface area contributed by atoms with E-state index in [2.05, 4.69) is 5.32 Å². The number of hydrogen-bond acceptors (Lipinski definition) is 3. The molecule has 2 aromatic rings. The number of sulfonamides is 1. The molecular formula is C16H17FN2O3S. The molecule has 1 amide bonds. The molecule has 0 radical (unpaired) electrons. The molecule has 0 aliphatic carbocycles. The molecule has 0 aromatic heterocycles. The molecule has 23 heavy (non-hydrogen) atoms. The van der Waals surface area contributed by atoms with Gasteiger partial charge in [-0.1, -0.05) is 18.2 Å². The Bertz CT molecular complexity index is 850. The van der Waals surface area contributed by atoms with Crippen LogP contribution in [0.5, 0.6) is 0 Å². The normalized spacial score (nSPS) is 12.7. The molecule has 0 saturated heterocycles. The van der Waals surface area contributed by atoms with Crippen LogP contribution in [0, 0.1) is 12.7 Å². The first-order valence-electron chi connectivity index (χ1n) is 6.88. The minimum atomic E-state index is -3.89. The predicted molar refractivity (Wildman–Crippen MR) is 84.8 cm³/mol. The number of hydrogen-bond donors (Lipinski definition) is 2. The number of carbonyl (C=O) groups is 1. The SMILES string of the molecule is Cc1ccc(S(N)(=O)=O)cc1C(=O)N[C@H](C)c1cccc(F)c1. The lowest BCUT2D eigenvalue weighted by atomic mass is 10.1. The minimum Gasteiger partial charge on any atom is -0.346 e. The van der Waals surface area contributed by atoms with Crippen molar-refractivity contribution in [2.75, 3.05) is 0 Å². The zero-order chi connectivity index (χ0) is 17.2.